The number of hydrogen-bond donors (Lipinski definition) is 0. The molecule has 0 radical (unpaired) electrons. The molecular weight excluding hydrogens is 542 g/mol. The highest BCUT2D eigenvalue weighted by molar-refractivity contribution is 7.73. The van der Waals surface area contributed by atoms with E-state index >= 15 is 0 Å². The van der Waals surface area contributed by atoms with Gasteiger partial charge in [-0.3, -0.25) is 4.52 Å². The topological polar surface area (TPSA) is 63.2 Å². The van der Waals surface area contributed by atoms with Crippen LogP contribution in [0.25, 0.3) is 21.9 Å². The molecule has 0 bridgehead atoms. The molecular formula is C32H30O6P2. The molecule has 7 rings (SSSR count). The predicted octanol–water partition coefficient (Wildman–Crippen LogP) is 7.10. The largest absolute Gasteiger partial charge is 0.399 e. The van der Waals surface area contributed by atoms with Gasteiger partial charge in [0.2, 0.25) is 0 Å². The molecule has 4 atom stereocenters. The van der Waals surface area contributed by atoms with E-state index in [1.165, 1.54) is 10.6 Å². The lowest BCUT2D eigenvalue weighted by molar-refractivity contribution is -0.209. The second-order valence-electron chi connectivity index (χ2n) is 10.4. The van der Waals surface area contributed by atoms with E-state index in [0.29, 0.717) is 0 Å². The average Bonchev–Trinajstić information content (AvgIpc) is 3.37. The summed E-state index contributed by atoms with van der Waals surface area (Å²) in [6.07, 6.45) is -0.944. The Kier molecular flexibility index (Phi) is 7.01. The molecule has 8 heteroatoms. The van der Waals surface area contributed by atoms with E-state index in [9.17, 15) is 0 Å². The molecule has 5 aromatic rings. The van der Waals surface area contributed by atoms with Crippen molar-refractivity contribution in [2.45, 2.75) is 44.2 Å². The van der Waals surface area contributed by atoms with Gasteiger partial charge in [-0.15, -0.1) is 0 Å². The van der Waals surface area contributed by atoms with Crippen molar-refractivity contribution in [3.8, 4) is 0 Å². The molecule has 2 saturated heterocycles. The number of fused-ring (bicyclic) bond motifs is 4. The van der Waals surface area contributed by atoms with Crippen LogP contribution in [-0.2, 0) is 14.2 Å². The summed E-state index contributed by atoms with van der Waals surface area (Å²) in [6, 6.07) is 37.1. The van der Waals surface area contributed by atoms with Gasteiger partial charge in [0.1, 0.15) is 23.4 Å². The molecule has 40 heavy (non-hydrogen) atoms. The Balaban J connectivity index is 1.29. The average molecular weight is 573 g/mol. The minimum atomic E-state index is -1.81. The summed E-state index contributed by atoms with van der Waals surface area (Å²) in [6.45, 7) is 3.80. The lowest BCUT2D eigenvalue weighted by atomic mass is 10.1. The first kappa shape index (κ1) is 26.0. The molecule has 0 spiro atoms. The van der Waals surface area contributed by atoms with Gasteiger partial charge in [-0.25, -0.2) is 0 Å². The molecule has 0 aliphatic carbocycles. The third-order valence-corrected chi connectivity index (χ3v) is 10.9. The van der Waals surface area contributed by atoms with E-state index in [-0.39, 0.29) is 6.10 Å². The molecule has 204 valence electrons. The predicted molar refractivity (Wildman–Crippen MR) is 159 cm³/mol. The van der Waals surface area contributed by atoms with Crippen molar-refractivity contribution >= 4 is 48.7 Å². The fourth-order valence-corrected chi connectivity index (χ4v) is 9.09. The Morgan fingerprint density at radius 2 is 1.23 bits per heavy atom. The van der Waals surface area contributed by atoms with Crippen LogP contribution in [0.4, 0.5) is 0 Å². The molecule has 2 fully saturated rings. The van der Waals surface area contributed by atoms with Crippen LogP contribution in [0.5, 0.6) is 0 Å². The van der Waals surface area contributed by atoms with Gasteiger partial charge >= 0.3 is 8.24 Å². The van der Waals surface area contributed by atoms with Crippen LogP contribution in [-0.4, -0.2) is 36.6 Å². The van der Waals surface area contributed by atoms with Crippen molar-refractivity contribution in [2.24, 2.45) is 0 Å². The highest BCUT2D eigenvalue weighted by Gasteiger charge is 2.56. The Morgan fingerprint density at radius 1 is 0.700 bits per heavy atom. The van der Waals surface area contributed by atoms with Gasteiger partial charge < -0.3 is 22.6 Å². The summed E-state index contributed by atoms with van der Waals surface area (Å²) in [5.41, 5.74) is 1.45. The summed E-state index contributed by atoms with van der Waals surface area (Å²) < 4.78 is 38.6. The smallest absolute Gasteiger partial charge is 0.387 e. The maximum Gasteiger partial charge on any atom is 0.387 e. The Labute approximate surface area is 235 Å². The highest BCUT2D eigenvalue weighted by Crippen LogP contribution is 2.46. The van der Waals surface area contributed by atoms with Crippen molar-refractivity contribution in [3.05, 3.63) is 109 Å². The Hall–Kier alpha value is -2.95. The van der Waals surface area contributed by atoms with Crippen molar-refractivity contribution < 1.29 is 27.1 Å². The van der Waals surface area contributed by atoms with Crippen LogP contribution >= 0.6 is 16.2 Å². The normalized spacial score (nSPS) is 23.6. The first-order valence-electron chi connectivity index (χ1n) is 13.4. The standard InChI is InChI=1S/C32H30O6P2/c1-32(2)34-30-29(38-40-36-26-19-11-9-17-24(26)25-18-10-12-20-27(25)37-40)28(33-31(30)35-32)21-39(22-13-5-3-6-14-22)23-15-7-4-8-16-23/h3-20,28-31H,21H2,1-2H3/t28-,29+,30-,31-/m1/s1. The number of para-hydroxylation sites is 2. The second kappa shape index (κ2) is 10.8. The zero-order chi connectivity index (χ0) is 27.1. The number of hydrogen-bond acceptors (Lipinski definition) is 6. The minimum Gasteiger partial charge on any atom is -0.399 e. The van der Waals surface area contributed by atoms with E-state index in [0.717, 1.165) is 28.1 Å². The third kappa shape index (κ3) is 5.12. The summed E-state index contributed by atoms with van der Waals surface area (Å²) in [5, 5.41) is 4.51. The maximum atomic E-state index is 6.74. The SMILES string of the molecule is CC1(C)O[C@H]2O[C@H](CP(c3ccccc3)c3ccccc3)[C@H](Op3oc4ccccc4c4ccccc4o3)[C@H]2O1. The second-order valence-corrected chi connectivity index (χ2v) is 13.7. The van der Waals surface area contributed by atoms with Crippen LogP contribution < -0.4 is 15.1 Å². The Morgan fingerprint density at radius 3 is 1.80 bits per heavy atom. The zero-order valence-corrected chi connectivity index (χ0v) is 24.0. The van der Waals surface area contributed by atoms with Crippen LogP contribution in [0, 0.1) is 0 Å². The van der Waals surface area contributed by atoms with E-state index in [1.807, 2.05) is 74.5 Å². The first-order chi connectivity index (χ1) is 19.5. The van der Waals surface area contributed by atoms with Crippen LogP contribution in [0.3, 0.4) is 0 Å². The zero-order valence-electron chi connectivity index (χ0n) is 22.3. The van der Waals surface area contributed by atoms with Crippen molar-refractivity contribution in [1.29, 1.82) is 0 Å². The van der Waals surface area contributed by atoms with Gasteiger partial charge in [-0.05, 0) is 44.5 Å². The number of benzene rings is 4. The molecule has 6 nitrogen and oxygen atoms in total. The summed E-state index contributed by atoms with van der Waals surface area (Å²) in [4.78, 5) is 0. The van der Waals surface area contributed by atoms with Gasteiger partial charge in [0, 0.05) is 16.9 Å². The maximum absolute atomic E-state index is 6.74. The van der Waals surface area contributed by atoms with Crippen LogP contribution in [0.2, 0.25) is 0 Å². The number of ether oxygens (including phenoxy) is 3. The summed E-state index contributed by atoms with van der Waals surface area (Å²) >= 11 is 0. The molecule has 2 aliphatic heterocycles. The Bertz CT molecular complexity index is 1560. The van der Waals surface area contributed by atoms with Crippen molar-refractivity contribution in [2.75, 3.05) is 6.16 Å². The van der Waals surface area contributed by atoms with E-state index in [1.54, 1.807) is 0 Å². The fourth-order valence-electron chi connectivity index (χ4n) is 5.44. The molecule has 0 amide bonds. The van der Waals surface area contributed by atoms with Crippen LogP contribution in [0.15, 0.2) is 118 Å². The van der Waals surface area contributed by atoms with Gasteiger partial charge in [-0.2, -0.15) is 0 Å². The lowest BCUT2D eigenvalue weighted by Gasteiger charge is -2.28. The quantitative estimate of drug-likeness (QED) is 0.202. The highest BCUT2D eigenvalue weighted by atomic mass is 31.1. The summed E-state index contributed by atoms with van der Waals surface area (Å²) in [7, 11) is -2.54. The van der Waals surface area contributed by atoms with Crippen molar-refractivity contribution in [1.82, 2.24) is 0 Å². The first-order valence-corrected chi connectivity index (χ1v) is 16.1. The molecule has 3 heterocycles. The van der Waals surface area contributed by atoms with E-state index < -0.39 is 40.4 Å². The van der Waals surface area contributed by atoms with Gasteiger partial charge in [0.25, 0.3) is 0 Å². The lowest BCUT2D eigenvalue weighted by Crippen LogP contribution is -2.40. The van der Waals surface area contributed by atoms with Gasteiger partial charge in [0.15, 0.2) is 12.1 Å². The summed E-state index contributed by atoms with van der Waals surface area (Å²) in [5.74, 6) is -0.775. The van der Waals surface area contributed by atoms with Crippen molar-refractivity contribution in [3.63, 3.8) is 0 Å². The molecule has 1 aromatic heterocycles. The third-order valence-electron chi connectivity index (χ3n) is 7.20. The fraction of sp³-hybridized carbons (Fsp3) is 0.250. The molecule has 0 unspecified atom stereocenters. The van der Waals surface area contributed by atoms with E-state index in [2.05, 4.69) is 48.5 Å². The van der Waals surface area contributed by atoms with Gasteiger partial charge in [-0.1, -0.05) is 97.1 Å². The number of rotatable bonds is 6. The minimum absolute atomic E-state index is 0.291. The molecule has 0 saturated carbocycles. The van der Waals surface area contributed by atoms with E-state index in [4.69, 9.17) is 27.1 Å². The molecule has 2 aliphatic rings. The van der Waals surface area contributed by atoms with Gasteiger partial charge in [0.05, 0.1) is 6.10 Å². The molecule has 4 aromatic carbocycles. The molecule has 0 N–H and O–H groups in total. The van der Waals surface area contributed by atoms with Crippen LogP contribution in [0.1, 0.15) is 13.8 Å². The monoisotopic (exact) mass is 572 g/mol.